The average Bonchev–Trinajstić information content (AvgIpc) is 2.63. The zero-order chi connectivity index (χ0) is 21.6. The van der Waals surface area contributed by atoms with E-state index in [1.807, 2.05) is 19.9 Å². The molecule has 0 aliphatic rings. The van der Waals surface area contributed by atoms with E-state index in [2.05, 4.69) is 11.9 Å². The fraction of sp³-hybridized carbons (Fsp3) is 0.318. The van der Waals surface area contributed by atoms with Crippen LogP contribution in [0.3, 0.4) is 0 Å². The number of aryl methyl sites for hydroxylation is 2. The zero-order valence-corrected chi connectivity index (χ0v) is 18.1. The molecule has 1 amide bonds. The van der Waals surface area contributed by atoms with Crippen molar-refractivity contribution >= 4 is 27.3 Å². The van der Waals surface area contributed by atoms with E-state index in [0.717, 1.165) is 17.4 Å². The largest absolute Gasteiger partial charge is 0.490 e. The van der Waals surface area contributed by atoms with Crippen LogP contribution in [-0.2, 0) is 14.8 Å². The standard InChI is InChI=1S/C22H28N2O4S/c1-6-12-28-20-10-8-18(9-11-20)23-22(25)21(7-2)24(29(5,26)27)19-14-16(3)13-17(4)15-19/h6,8-11,13-15,21H,1,7,12H2,2-5H3,(H,23,25). The van der Waals surface area contributed by atoms with Crippen molar-refractivity contribution < 1.29 is 17.9 Å². The van der Waals surface area contributed by atoms with Crippen LogP contribution in [0.4, 0.5) is 11.4 Å². The van der Waals surface area contributed by atoms with Gasteiger partial charge >= 0.3 is 0 Å². The molecule has 2 aromatic rings. The lowest BCUT2D eigenvalue weighted by Crippen LogP contribution is -2.47. The molecular weight excluding hydrogens is 388 g/mol. The van der Waals surface area contributed by atoms with E-state index in [9.17, 15) is 13.2 Å². The summed E-state index contributed by atoms with van der Waals surface area (Å²) in [7, 11) is -3.67. The van der Waals surface area contributed by atoms with Crippen LogP contribution < -0.4 is 14.4 Å². The number of nitrogens with one attached hydrogen (secondary N) is 1. The van der Waals surface area contributed by atoms with Crippen molar-refractivity contribution in [1.82, 2.24) is 0 Å². The highest BCUT2D eigenvalue weighted by atomic mass is 32.2. The van der Waals surface area contributed by atoms with Crippen molar-refractivity contribution in [2.45, 2.75) is 33.2 Å². The first kappa shape index (κ1) is 22.5. The predicted molar refractivity (Wildman–Crippen MR) is 118 cm³/mol. The maximum absolute atomic E-state index is 13.0. The van der Waals surface area contributed by atoms with Crippen LogP contribution in [-0.4, -0.2) is 33.2 Å². The Labute approximate surface area is 173 Å². The molecule has 0 spiro atoms. The van der Waals surface area contributed by atoms with Crippen LogP contribution in [0.15, 0.2) is 55.1 Å². The summed E-state index contributed by atoms with van der Waals surface area (Å²) in [5, 5.41) is 2.81. The van der Waals surface area contributed by atoms with E-state index >= 15 is 0 Å². The second kappa shape index (κ2) is 9.60. The molecule has 0 radical (unpaired) electrons. The highest BCUT2D eigenvalue weighted by molar-refractivity contribution is 7.92. The van der Waals surface area contributed by atoms with Gasteiger partial charge in [-0.25, -0.2) is 8.42 Å². The van der Waals surface area contributed by atoms with E-state index in [1.165, 1.54) is 4.31 Å². The van der Waals surface area contributed by atoms with Crippen LogP contribution in [0.2, 0.25) is 0 Å². The third-order valence-electron chi connectivity index (χ3n) is 4.28. The Morgan fingerprint density at radius 2 is 1.76 bits per heavy atom. The van der Waals surface area contributed by atoms with Crippen molar-refractivity contribution in [3.05, 3.63) is 66.2 Å². The molecule has 0 aliphatic carbocycles. The number of carbonyl (C=O) groups excluding carboxylic acids is 1. The van der Waals surface area contributed by atoms with Crippen molar-refractivity contribution in [1.29, 1.82) is 0 Å². The third-order valence-corrected chi connectivity index (χ3v) is 5.46. The normalized spacial score (nSPS) is 12.1. The number of rotatable bonds is 9. The first-order chi connectivity index (χ1) is 13.7. The topological polar surface area (TPSA) is 75.7 Å². The molecule has 0 saturated carbocycles. The van der Waals surface area contributed by atoms with Crippen molar-refractivity contribution in [2.24, 2.45) is 0 Å². The second-order valence-electron chi connectivity index (χ2n) is 6.94. The lowest BCUT2D eigenvalue weighted by molar-refractivity contribution is -0.117. The number of carbonyl (C=O) groups is 1. The summed E-state index contributed by atoms with van der Waals surface area (Å²) in [6.07, 6.45) is 3.09. The average molecular weight is 417 g/mol. The molecule has 0 aromatic heterocycles. The molecule has 29 heavy (non-hydrogen) atoms. The number of sulfonamides is 1. The molecule has 1 unspecified atom stereocenters. The first-order valence-electron chi connectivity index (χ1n) is 9.38. The Bertz CT molecular complexity index is 949. The molecular formula is C22H28N2O4S. The number of ether oxygens (including phenoxy) is 1. The van der Waals surface area contributed by atoms with E-state index in [-0.39, 0.29) is 0 Å². The first-order valence-corrected chi connectivity index (χ1v) is 11.2. The number of amides is 1. The summed E-state index contributed by atoms with van der Waals surface area (Å²) in [5.74, 6) is 0.264. The Morgan fingerprint density at radius 1 is 1.17 bits per heavy atom. The predicted octanol–water partition coefficient (Wildman–Crippen LogP) is 4.05. The minimum Gasteiger partial charge on any atom is -0.490 e. The zero-order valence-electron chi connectivity index (χ0n) is 17.3. The van der Waals surface area contributed by atoms with Gasteiger partial charge in [0.2, 0.25) is 15.9 Å². The summed E-state index contributed by atoms with van der Waals surface area (Å²) in [6.45, 7) is 9.57. The Kier molecular flexibility index (Phi) is 7.45. The fourth-order valence-corrected chi connectivity index (χ4v) is 4.35. The number of benzene rings is 2. The summed E-state index contributed by atoms with van der Waals surface area (Å²) in [5.41, 5.74) is 2.91. The molecule has 0 heterocycles. The second-order valence-corrected chi connectivity index (χ2v) is 8.80. The lowest BCUT2D eigenvalue weighted by atomic mass is 10.1. The molecule has 2 rings (SSSR count). The number of anilines is 2. The Hall–Kier alpha value is -2.80. The summed E-state index contributed by atoms with van der Waals surface area (Å²) >= 11 is 0. The number of hydrogen-bond acceptors (Lipinski definition) is 4. The quantitative estimate of drug-likeness (QED) is 0.626. The highest BCUT2D eigenvalue weighted by Gasteiger charge is 2.31. The van der Waals surface area contributed by atoms with Crippen molar-refractivity contribution in [2.75, 3.05) is 22.5 Å². The highest BCUT2D eigenvalue weighted by Crippen LogP contribution is 2.26. The van der Waals surface area contributed by atoms with Gasteiger partial charge in [0.05, 0.1) is 11.9 Å². The SMILES string of the molecule is C=CCOc1ccc(NC(=O)C(CC)N(c2cc(C)cc(C)c2)S(C)(=O)=O)cc1. The van der Waals surface area contributed by atoms with Gasteiger partial charge in [-0.15, -0.1) is 0 Å². The molecule has 0 fully saturated rings. The Balaban J connectivity index is 2.29. The van der Waals surface area contributed by atoms with Gasteiger partial charge in [-0.3, -0.25) is 9.10 Å². The maximum atomic E-state index is 13.0. The van der Waals surface area contributed by atoms with Crippen molar-refractivity contribution in [3.8, 4) is 5.75 Å². The number of hydrogen-bond donors (Lipinski definition) is 1. The monoisotopic (exact) mass is 416 g/mol. The van der Waals surface area contributed by atoms with Crippen molar-refractivity contribution in [3.63, 3.8) is 0 Å². The molecule has 7 heteroatoms. The summed E-state index contributed by atoms with van der Waals surface area (Å²) < 4.78 is 31.8. The Morgan fingerprint density at radius 3 is 2.24 bits per heavy atom. The maximum Gasteiger partial charge on any atom is 0.248 e. The van der Waals surface area contributed by atoms with Crippen LogP contribution in [0, 0.1) is 13.8 Å². The molecule has 1 atom stereocenters. The molecule has 2 aromatic carbocycles. The molecule has 156 valence electrons. The van der Waals surface area contributed by atoms with Gasteiger partial charge < -0.3 is 10.1 Å². The van der Waals surface area contributed by atoms with Gasteiger partial charge in [0.25, 0.3) is 0 Å². The van der Waals surface area contributed by atoms with Gasteiger partial charge in [-0.05, 0) is 67.8 Å². The lowest BCUT2D eigenvalue weighted by Gasteiger charge is -2.30. The number of nitrogens with zero attached hydrogens (tertiary/aromatic N) is 1. The molecule has 0 aliphatic heterocycles. The third kappa shape index (κ3) is 6.09. The van der Waals surface area contributed by atoms with Crippen LogP contribution >= 0.6 is 0 Å². The van der Waals surface area contributed by atoms with Gasteiger partial charge in [-0.2, -0.15) is 0 Å². The van der Waals surface area contributed by atoms with Gasteiger partial charge in [0.15, 0.2) is 0 Å². The van der Waals surface area contributed by atoms with Crippen LogP contribution in [0.5, 0.6) is 5.75 Å². The van der Waals surface area contributed by atoms with E-state index in [1.54, 1.807) is 49.4 Å². The summed E-state index contributed by atoms with van der Waals surface area (Å²) in [4.78, 5) is 13.0. The molecule has 1 N–H and O–H groups in total. The van der Waals surface area contributed by atoms with E-state index < -0.39 is 22.0 Å². The van der Waals surface area contributed by atoms with Gasteiger partial charge in [0.1, 0.15) is 18.4 Å². The minimum atomic E-state index is -3.67. The van der Waals surface area contributed by atoms with Crippen LogP contribution in [0.1, 0.15) is 24.5 Å². The van der Waals surface area contributed by atoms with Gasteiger partial charge in [0, 0.05) is 5.69 Å². The van der Waals surface area contributed by atoms with E-state index in [4.69, 9.17) is 4.74 Å². The molecule has 0 saturated heterocycles. The smallest absolute Gasteiger partial charge is 0.248 e. The molecule has 6 nitrogen and oxygen atoms in total. The molecule has 0 bridgehead atoms. The van der Waals surface area contributed by atoms with Gasteiger partial charge in [-0.1, -0.05) is 25.6 Å². The fourth-order valence-electron chi connectivity index (χ4n) is 3.15. The summed E-state index contributed by atoms with van der Waals surface area (Å²) in [6, 6.07) is 11.5. The van der Waals surface area contributed by atoms with Crippen LogP contribution in [0.25, 0.3) is 0 Å². The van der Waals surface area contributed by atoms with E-state index in [0.29, 0.717) is 30.2 Å². The minimum absolute atomic E-state index is 0.326.